The van der Waals surface area contributed by atoms with Crippen molar-refractivity contribution >= 4 is 21.8 Å². The summed E-state index contributed by atoms with van der Waals surface area (Å²) in [6.07, 6.45) is 0. The third kappa shape index (κ3) is 4.00. The zero-order valence-corrected chi connectivity index (χ0v) is 14.4. The lowest BCUT2D eigenvalue weighted by molar-refractivity contribution is -0.139. The van der Waals surface area contributed by atoms with E-state index in [4.69, 9.17) is 10.2 Å². The summed E-state index contributed by atoms with van der Waals surface area (Å²) in [5.41, 5.74) is 0.993. The zero-order valence-electron chi connectivity index (χ0n) is 13.5. The van der Waals surface area contributed by atoms with E-state index >= 15 is 0 Å². The van der Waals surface area contributed by atoms with Crippen molar-refractivity contribution < 1.29 is 28.2 Å². The molecule has 0 radical (unpaired) electrons. The number of fused-ring (bicyclic) bond motifs is 1. The first-order valence-corrected chi connectivity index (χ1v) is 9.80. The topological polar surface area (TPSA) is 115 Å². The van der Waals surface area contributed by atoms with Crippen molar-refractivity contribution in [1.82, 2.24) is 9.80 Å². The van der Waals surface area contributed by atoms with Gasteiger partial charge in [-0.15, -0.1) is 0 Å². The number of benzene rings is 1. The molecule has 0 aliphatic carbocycles. The molecule has 2 aliphatic heterocycles. The Morgan fingerprint density at radius 2 is 1.72 bits per heavy atom. The van der Waals surface area contributed by atoms with Gasteiger partial charge in [-0.3, -0.25) is 14.6 Å². The van der Waals surface area contributed by atoms with Crippen LogP contribution in [0.15, 0.2) is 24.3 Å². The molecule has 0 spiro atoms. The van der Waals surface area contributed by atoms with Gasteiger partial charge >= 0.3 is 11.9 Å². The van der Waals surface area contributed by atoms with Gasteiger partial charge in [0.25, 0.3) is 0 Å². The monoisotopic (exact) mass is 368 g/mol. The molecule has 2 saturated heterocycles. The Bertz CT molecular complexity index is 794. The molecule has 2 atom stereocenters. The van der Waals surface area contributed by atoms with E-state index in [1.807, 2.05) is 11.0 Å². The van der Waals surface area contributed by atoms with Gasteiger partial charge in [0.05, 0.1) is 23.6 Å². The number of piperazine rings is 1. The summed E-state index contributed by atoms with van der Waals surface area (Å²) >= 11 is 0. The van der Waals surface area contributed by atoms with Gasteiger partial charge in [-0.25, -0.2) is 13.2 Å². The largest absolute Gasteiger partial charge is 0.480 e. The van der Waals surface area contributed by atoms with Crippen LogP contribution in [0.3, 0.4) is 0 Å². The number of nitrogens with zero attached hydrogens (tertiary/aromatic N) is 2. The number of carboxylic acid groups (broad SMARTS) is 2. The Balaban J connectivity index is 1.80. The standard InChI is InChI=1S/C16H20N2O6S/c19-15(20)8-18-5-4-17(13-9-25(23,24)10-14(13)18)7-11-2-1-3-12(6-11)16(21)22/h1-3,6,13-14H,4-5,7-10H2,(H,19,20)(H,21,22)/t13-,14+/m0/s1. The van der Waals surface area contributed by atoms with Gasteiger partial charge in [-0.1, -0.05) is 12.1 Å². The summed E-state index contributed by atoms with van der Waals surface area (Å²) in [7, 11) is -3.21. The first kappa shape index (κ1) is 17.8. The molecule has 2 heterocycles. The lowest BCUT2D eigenvalue weighted by atomic mass is 10.0. The van der Waals surface area contributed by atoms with Gasteiger partial charge in [-0.2, -0.15) is 0 Å². The molecule has 0 saturated carbocycles. The van der Waals surface area contributed by atoms with Crippen molar-refractivity contribution in [2.24, 2.45) is 0 Å². The lowest BCUT2D eigenvalue weighted by Crippen LogP contribution is -2.59. The average Bonchev–Trinajstić information content (AvgIpc) is 2.85. The van der Waals surface area contributed by atoms with E-state index < -0.39 is 21.8 Å². The Morgan fingerprint density at radius 1 is 1.08 bits per heavy atom. The van der Waals surface area contributed by atoms with Crippen LogP contribution in [0.25, 0.3) is 0 Å². The molecule has 1 aromatic carbocycles. The third-order valence-corrected chi connectivity index (χ3v) is 6.50. The Hall–Kier alpha value is -1.97. The average molecular weight is 368 g/mol. The third-order valence-electron chi connectivity index (χ3n) is 4.80. The van der Waals surface area contributed by atoms with Crippen LogP contribution in [0.5, 0.6) is 0 Å². The SMILES string of the molecule is O=C(O)CN1CCN(Cc2cccc(C(=O)O)c2)[C@H]2CS(=O)(=O)C[C@H]21. The second-order valence-corrected chi connectivity index (χ2v) is 8.71. The Kier molecular flexibility index (Phi) is 4.81. The van der Waals surface area contributed by atoms with E-state index in [0.717, 1.165) is 5.56 Å². The first-order valence-electron chi connectivity index (χ1n) is 7.98. The van der Waals surface area contributed by atoms with Crippen LogP contribution < -0.4 is 0 Å². The molecule has 25 heavy (non-hydrogen) atoms. The van der Waals surface area contributed by atoms with E-state index in [9.17, 15) is 18.0 Å². The number of carboxylic acids is 2. The van der Waals surface area contributed by atoms with Crippen LogP contribution in [0.2, 0.25) is 0 Å². The zero-order chi connectivity index (χ0) is 18.2. The number of carbonyl (C=O) groups is 2. The molecular weight excluding hydrogens is 348 g/mol. The molecule has 0 aromatic heterocycles. The number of hydrogen-bond acceptors (Lipinski definition) is 6. The van der Waals surface area contributed by atoms with Crippen LogP contribution in [-0.2, 0) is 21.2 Å². The van der Waals surface area contributed by atoms with E-state index in [1.54, 1.807) is 17.0 Å². The number of aromatic carboxylic acids is 1. The van der Waals surface area contributed by atoms with Crippen molar-refractivity contribution in [2.45, 2.75) is 18.6 Å². The summed E-state index contributed by atoms with van der Waals surface area (Å²) in [5.74, 6) is -2.00. The molecule has 2 aliphatic rings. The minimum absolute atomic E-state index is 0.00636. The molecule has 3 rings (SSSR count). The highest BCUT2D eigenvalue weighted by molar-refractivity contribution is 7.91. The van der Waals surface area contributed by atoms with Crippen molar-refractivity contribution in [3.8, 4) is 0 Å². The fraction of sp³-hybridized carbons (Fsp3) is 0.500. The molecule has 9 heteroatoms. The maximum absolute atomic E-state index is 12.1. The van der Waals surface area contributed by atoms with Gasteiger partial charge in [0.1, 0.15) is 0 Å². The van der Waals surface area contributed by atoms with Crippen LogP contribution >= 0.6 is 0 Å². The van der Waals surface area contributed by atoms with E-state index in [1.165, 1.54) is 6.07 Å². The van der Waals surface area contributed by atoms with Crippen LogP contribution in [0.1, 0.15) is 15.9 Å². The van der Waals surface area contributed by atoms with E-state index in [2.05, 4.69) is 0 Å². The molecule has 0 bridgehead atoms. The summed E-state index contributed by atoms with van der Waals surface area (Å²) in [5, 5.41) is 18.1. The maximum atomic E-state index is 12.1. The smallest absolute Gasteiger partial charge is 0.335 e. The molecular formula is C16H20N2O6S. The molecule has 0 amide bonds. The fourth-order valence-electron chi connectivity index (χ4n) is 3.70. The normalized spacial score (nSPS) is 26.2. The minimum atomic E-state index is -3.21. The molecule has 0 unspecified atom stereocenters. The van der Waals surface area contributed by atoms with Crippen LogP contribution in [0, 0.1) is 0 Å². The van der Waals surface area contributed by atoms with Crippen LogP contribution in [-0.4, -0.2) is 83.6 Å². The number of hydrogen-bond donors (Lipinski definition) is 2. The summed E-state index contributed by atoms with van der Waals surface area (Å²) < 4.78 is 24.2. The molecule has 2 N–H and O–H groups in total. The Labute approximate surface area is 145 Å². The maximum Gasteiger partial charge on any atom is 0.335 e. The van der Waals surface area contributed by atoms with Gasteiger partial charge in [0, 0.05) is 31.7 Å². The highest BCUT2D eigenvalue weighted by atomic mass is 32.2. The highest BCUT2D eigenvalue weighted by Gasteiger charge is 2.46. The summed E-state index contributed by atoms with van der Waals surface area (Å²) in [6, 6.07) is 5.98. The Morgan fingerprint density at radius 3 is 2.36 bits per heavy atom. The van der Waals surface area contributed by atoms with Crippen molar-refractivity contribution in [3.63, 3.8) is 0 Å². The second kappa shape index (κ2) is 6.74. The first-order chi connectivity index (χ1) is 11.7. The van der Waals surface area contributed by atoms with Crippen molar-refractivity contribution in [3.05, 3.63) is 35.4 Å². The summed E-state index contributed by atoms with van der Waals surface area (Å²) in [6.45, 7) is 1.29. The number of sulfone groups is 1. The quantitative estimate of drug-likeness (QED) is 0.731. The summed E-state index contributed by atoms with van der Waals surface area (Å²) in [4.78, 5) is 25.9. The number of aliphatic carboxylic acids is 1. The van der Waals surface area contributed by atoms with Crippen molar-refractivity contribution in [1.29, 1.82) is 0 Å². The lowest BCUT2D eigenvalue weighted by Gasteiger charge is -2.43. The van der Waals surface area contributed by atoms with E-state index in [-0.39, 0.29) is 35.7 Å². The fourth-order valence-corrected chi connectivity index (χ4v) is 5.74. The van der Waals surface area contributed by atoms with Crippen LogP contribution in [0.4, 0.5) is 0 Å². The van der Waals surface area contributed by atoms with Gasteiger partial charge in [0.15, 0.2) is 9.84 Å². The molecule has 2 fully saturated rings. The predicted molar refractivity (Wildman–Crippen MR) is 89.2 cm³/mol. The molecule has 8 nitrogen and oxygen atoms in total. The molecule has 136 valence electrons. The predicted octanol–water partition coefficient (Wildman–Crippen LogP) is -0.247. The highest BCUT2D eigenvalue weighted by Crippen LogP contribution is 2.28. The van der Waals surface area contributed by atoms with E-state index in [0.29, 0.717) is 19.6 Å². The van der Waals surface area contributed by atoms with Crippen molar-refractivity contribution in [2.75, 3.05) is 31.1 Å². The number of rotatable bonds is 5. The van der Waals surface area contributed by atoms with Gasteiger partial charge in [0.2, 0.25) is 0 Å². The second-order valence-electron chi connectivity index (χ2n) is 6.55. The molecule has 1 aromatic rings. The van der Waals surface area contributed by atoms with Gasteiger partial charge in [-0.05, 0) is 17.7 Å². The minimum Gasteiger partial charge on any atom is -0.480 e. The van der Waals surface area contributed by atoms with Gasteiger partial charge < -0.3 is 10.2 Å².